The molecule has 4 N–H and O–H groups in total. The highest BCUT2D eigenvalue weighted by atomic mass is 16.4. The molecule has 1 fully saturated rings. The lowest BCUT2D eigenvalue weighted by molar-refractivity contribution is -0.137. The monoisotopic (exact) mass is 299 g/mol. The van der Waals surface area contributed by atoms with Crippen molar-refractivity contribution in [2.45, 2.75) is 52.2 Å². The Morgan fingerprint density at radius 3 is 2.14 bits per heavy atom. The van der Waals surface area contributed by atoms with E-state index in [1.165, 1.54) is 0 Å². The summed E-state index contributed by atoms with van der Waals surface area (Å²) in [6, 6.07) is -2.22. The second kappa shape index (κ2) is 7.40. The molecule has 1 aliphatic rings. The van der Waals surface area contributed by atoms with E-state index in [4.69, 9.17) is 5.11 Å². The predicted octanol–water partition coefficient (Wildman–Crippen LogP) is -0.285. The van der Waals surface area contributed by atoms with E-state index in [-0.39, 0.29) is 11.8 Å². The van der Waals surface area contributed by atoms with Gasteiger partial charge in [0.2, 0.25) is 11.8 Å². The molecule has 0 radical (unpaired) electrons. The van der Waals surface area contributed by atoms with Crippen LogP contribution in [-0.2, 0) is 14.4 Å². The lowest BCUT2D eigenvalue weighted by Gasteiger charge is -2.20. The summed E-state index contributed by atoms with van der Waals surface area (Å²) in [5.74, 6) is -1.15. The molecule has 7 nitrogen and oxygen atoms in total. The molecule has 0 aromatic heterocycles. The number of carboxylic acid groups (broad SMARTS) is 1. The van der Waals surface area contributed by atoms with E-state index in [1.807, 2.05) is 27.7 Å². The van der Waals surface area contributed by atoms with Crippen molar-refractivity contribution in [1.29, 1.82) is 0 Å². The van der Waals surface area contributed by atoms with Crippen LogP contribution in [0.3, 0.4) is 0 Å². The third-order valence-electron chi connectivity index (χ3n) is 3.16. The lowest BCUT2D eigenvalue weighted by Crippen LogP contribution is -2.49. The molecule has 0 aliphatic carbocycles. The zero-order chi connectivity index (χ0) is 16.2. The fourth-order valence-electron chi connectivity index (χ4n) is 1.97. The van der Waals surface area contributed by atoms with E-state index in [0.717, 1.165) is 0 Å². The average Bonchev–Trinajstić information content (AvgIpc) is 3.14. The van der Waals surface area contributed by atoms with Crippen LogP contribution in [0.1, 0.15) is 34.1 Å². The molecule has 0 unspecified atom stereocenters. The number of rotatable bonds is 8. The molecule has 120 valence electrons. The molecule has 2 amide bonds. The Morgan fingerprint density at radius 2 is 1.71 bits per heavy atom. The van der Waals surface area contributed by atoms with E-state index in [1.54, 1.807) is 0 Å². The molecule has 0 spiro atoms. The highest BCUT2D eigenvalue weighted by Crippen LogP contribution is 2.13. The first-order valence-electron chi connectivity index (χ1n) is 7.29. The Bertz CT molecular complexity index is 409. The van der Waals surface area contributed by atoms with E-state index in [2.05, 4.69) is 16.0 Å². The van der Waals surface area contributed by atoms with Gasteiger partial charge in [0.15, 0.2) is 0 Å². The molecule has 1 heterocycles. The Hall–Kier alpha value is -1.63. The van der Waals surface area contributed by atoms with Crippen molar-refractivity contribution in [2.24, 2.45) is 11.8 Å². The van der Waals surface area contributed by atoms with Gasteiger partial charge in [0.05, 0.1) is 0 Å². The predicted molar refractivity (Wildman–Crippen MR) is 77.6 cm³/mol. The van der Waals surface area contributed by atoms with Gasteiger partial charge < -0.3 is 15.7 Å². The number of carbonyl (C=O) groups is 3. The number of carbonyl (C=O) groups excluding carboxylic acids is 2. The molecule has 0 saturated carbocycles. The highest BCUT2D eigenvalue weighted by Gasteiger charge is 2.48. The quantitative estimate of drug-likeness (QED) is 0.460. The zero-order valence-electron chi connectivity index (χ0n) is 13.0. The van der Waals surface area contributed by atoms with E-state index in [0.29, 0.717) is 18.9 Å². The summed E-state index contributed by atoms with van der Waals surface area (Å²) in [4.78, 5) is 34.8. The maximum absolute atomic E-state index is 12.1. The smallest absolute Gasteiger partial charge is 0.322 e. The van der Waals surface area contributed by atoms with Gasteiger partial charge in [-0.15, -0.1) is 0 Å². The van der Waals surface area contributed by atoms with Crippen LogP contribution in [-0.4, -0.2) is 47.6 Å². The zero-order valence-corrected chi connectivity index (χ0v) is 13.0. The second-order valence-corrected chi connectivity index (χ2v) is 6.29. The molecule has 1 rings (SSSR count). The van der Waals surface area contributed by atoms with Crippen molar-refractivity contribution in [3.05, 3.63) is 0 Å². The number of hydrogen-bond donors (Lipinski definition) is 4. The van der Waals surface area contributed by atoms with Crippen molar-refractivity contribution >= 4 is 17.8 Å². The first-order valence-corrected chi connectivity index (χ1v) is 7.29. The summed E-state index contributed by atoms with van der Waals surface area (Å²) < 4.78 is 0. The van der Waals surface area contributed by atoms with Gasteiger partial charge in [0, 0.05) is 6.54 Å². The van der Waals surface area contributed by atoms with Crippen LogP contribution >= 0.6 is 0 Å². The van der Waals surface area contributed by atoms with Gasteiger partial charge in [-0.2, -0.15) is 0 Å². The van der Waals surface area contributed by atoms with Gasteiger partial charge in [0.25, 0.3) is 0 Å². The molecular weight excluding hydrogens is 274 g/mol. The lowest BCUT2D eigenvalue weighted by atomic mass is 10.0. The number of carboxylic acids is 1. The minimum Gasteiger partial charge on any atom is -0.480 e. The summed E-state index contributed by atoms with van der Waals surface area (Å²) in [5, 5.41) is 16.8. The van der Waals surface area contributed by atoms with E-state index >= 15 is 0 Å². The molecule has 1 aliphatic heterocycles. The summed E-state index contributed by atoms with van der Waals surface area (Å²) in [6.45, 7) is 8.45. The van der Waals surface area contributed by atoms with Crippen molar-refractivity contribution in [1.82, 2.24) is 16.0 Å². The molecule has 0 bridgehead atoms. The minimum absolute atomic E-state index is 0.224. The fourth-order valence-corrected chi connectivity index (χ4v) is 1.97. The minimum atomic E-state index is -1.06. The van der Waals surface area contributed by atoms with Crippen LogP contribution in [0.4, 0.5) is 0 Å². The maximum atomic E-state index is 12.1. The molecule has 7 heteroatoms. The van der Waals surface area contributed by atoms with Crippen molar-refractivity contribution in [3.63, 3.8) is 0 Å². The average molecular weight is 299 g/mol. The largest absolute Gasteiger partial charge is 0.480 e. The summed E-state index contributed by atoms with van der Waals surface area (Å²) in [6.07, 6.45) is 0.514. The van der Waals surface area contributed by atoms with Gasteiger partial charge in [-0.3, -0.25) is 19.7 Å². The van der Waals surface area contributed by atoms with Crippen LogP contribution in [0.15, 0.2) is 0 Å². The number of amides is 2. The van der Waals surface area contributed by atoms with Gasteiger partial charge in [0.1, 0.15) is 18.1 Å². The Labute approximate surface area is 124 Å². The van der Waals surface area contributed by atoms with Crippen LogP contribution in [0.5, 0.6) is 0 Å². The van der Waals surface area contributed by atoms with Crippen LogP contribution < -0.4 is 16.0 Å². The third kappa shape index (κ3) is 5.71. The van der Waals surface area contributed by atoms with E-state index < -0.39 is 30.0 Å². The standard InChI is InChI=1S/C14H25N3O4/c1-7(2)5-9(12(18)15-6-8(3)4)16-13(19)10-11(17-10)14(20)21/h7-11,17H,5-6H2,1-4H3,(H,15,18)(H,16,19)(H,20,21)/t9-,10-,11+/m0/s1. The van der Waals surface area contributed by atoms with Crippen LogP contribution in [0.2, 0.25) is 0 Å². The van der Waals surface area contributed by atoms with Crippen molar-refractivity contribution in [3.8, 4) is 0 Å². The highest BCUT2D eigenvalue weighted by molar-refractivity contribution is 5.97. The number of nitrogens with one attached hydrogen (secondary N) is 3. The van der Waals surface area contributed by atoms with E-state index in [9.17, 15) is 14.4 Å². The number of aliphatic carboxylic acids is 1. The summed E-state index contributed by atoms with van der Waals surface area (Å²) in [5.41, 5.74) is 0. The van der Waals surface area contributed by atoms with Crippen molar-refractivity contribution < 1.29 is 19.5 Å². The SMILES string of the molecule is CC(C)CNC(=O)[C@H](CC(C)C)NC(=O)[C@H]1N[C@H]1C(=O)O. The van der Waals surface area contributed by atoms with Crippen molar-refractivity contribution in [2.75, 3.05) is 6.54 Å². The normalized spacial score (nSPS) is 22.0. The Morgan fingerprint density at radius 1 is 1.10 bits per heavy atom. The molecular formula is C14H25N3O4. The van der Waals surface area contributed by atoms with Gasteiger partial charge in [-0.25, -0.2) is 0 Å². The van der Waals surface area contributed by atoms with Gasteiger partial charge >= 0.3 is 5.97 Å². The molecule has 3 atom stereocenters. The number of hydrogen-bond acceptors (Lipinski definition) is 4. The molecule has 21 heavy (non-hydrogen) atoms. The second-order valence-electron chi connectivity index (χ2n) is 6.29. The third-order valence-corrected chi connectivity index (χ3v) is 3.16. The van der Waals surface area contributed by atoms with Crippen LogP contribution in [0.25, 0.3) is 0 Å². The fraction of sp³-hybridized carbons (Fsp3) is 0.786. The van der Waals surface area contributed by atoms with Crippen LogP contribution in [0, 0.1) is 11.8 Å². The molecule has 0 aromatic rings. The maximum Gasteiger partial charge on any atom is 0.322 e. The summed E-state index contributed by atoms with van der Waals surface area (Å²) in [7, 11) is 0. The first kappa shape index (κ1) is 17.4. The Kier molecular flexibility index (Phi) is 6.14. The topological polar surface area (TPSA) is 117 Å². The Balaban J connectivity index is 2.55. The molecule has 0 aromatic carbocycles. The first-order chi connectivity index (χ1) is 9.72. The molecule has 1 saturated heterocycles. The van der Waals surface area contributed by atoms with Gasteiger partial charge in [-0.05, 0) is 18.3 Å². The summed E-state index contributed by atoms with van der Waals surface area (Å²) >= 11 is 0. The van der Waals surface area contributed by atoms with Gasteiger partial charge in [-0.1, -0.05) is 27.7 Å².